The Bertz CT molecular complexity index is 1280. The van der Waals surface area contributed by atoms with Gasteiger partial charge in [0.1, 0.15) is 18.8 Å². The molecule has 2 aromatic carbocycles. The van der Waals surface area contributed by atoms with Crippen molar-refractivity contribution < 1.29 is 32.3 Å². The van der Waals surface area contributed by atoms with Crippen molar-refractivity contribution in [3.63, 3.8) is 0 Å². The van der Waals surface area contributed by atoms with Crippen LogP contribution in [0.3, 0.4) is 0 Å². The number of hydrogen-bond donors (Lipinski definition) is 1. The van der Waals surface area contributed by atoms with Crippen LogP contribution in [0.1, 0.15) is 47.9 Å². The molecule has 2 aromatic rings. The first-order valence-electron chi connectivity index (χ1n) is 14.5. The van der Waals surface area contributed by atoms with Crippen molar-refractivity contribution >= 4 is 29.7 Å². The van der Waals surface area contributed by atoms with Crippen LogP contribution in [0.2, 0.25) is 0 Å². The summed E-state index contributed by atoms with van der Waals surface area (Å²) in [5.41, 5.74) is 6.48. The largest absolute Gasteiger partial charge is 0.444 e. The minimum absolute atomic E-state index is 0.0119. The summed E-state index contributed by atoms with van der Waals surface area (Å²) in [6.45, 7) is 2.14. The van der Waals surface area contributed by atoms with E-state index >= 15 is 0 Å². The van der Waals surface area contributed by atoms with E-state index in [1.807, 2.05) is 36.6 Å². The summed E-state index contributed by atoms with van der Waals surface area (Å²) in [6.07, 6.45) is -2.05. The molecule has 2 unspecified atom stereocenters. The molecule has 234 valence electrons. The molecule has 2 aliphatic heterocycles. The van der Waals surface area contributed by atoms with Gasteiger partial charge in [-0.2, -0.15) is 24.9 Å². The molecule has 0 aromatic heterocycles. The Kier molecular flexibility index (Phi) is 11.0. The zero-order chi connectivity index (χ0) is 31.1. The maximum absolute atomic E-state index is 13.9. The van der Waals surface area contributed by atoms with Gasteiger partial charge in [0, 0.05) is 19.0 Å². The summed E-state index contributed by atoms with van der Waals surface area (Å²) in [5, 5.41) is 0. The van der Waals surface area contributed by atoms with E-state index in [1.165, 1.54) is 9.80 Å². The number of carbonyl (C=O) groups excluding carboxylic acids is 3. The molecule has 0 aliphatic carbocycles. The molecule has 0 bridgehead atoms. The number of amides is 3. The number of fused-ring (bicyclic) bond motifs is 1. The van der Waals surface area contributed by atoms with Crippen LogP contribution in [0, 0.1) is 6.92 Å². The number of benzene rings is 2. The van der Waals surface area contributed by atoms with Gasteiger partial charge in [0.2, 0.25) is 11.8 Å². The second kappa shape index (κ2) is 14.5. The molecule has 2 saturated heterocycles. The molecule has 12 heteroatoms. The lowest BCUT2D eigenvalue weighted by atomic mass is 9.93. The van der Waals surface area contributed by atoms with Crippen molar-refractivity contribution in [3.05, 3.63) is 70.8 Å². The number of aryl methyl sites for hydroxylation is 1. The highest BCUT2D eigenvalue weighted by atomic mass is 32.2. The summed E-state index contributed by atoms with van der Waals surface area (Å²) < 4.78 is 46.0. The van der Waals surface area contributed by atoms with Crippen molar-refractivity contribution in [1.82, 2.24) is 14.7 Å². The summed E-state index contributed by atoms with van der Waals surface area (Å²) >= 11 is 1.67. The van der Waals surface area contributed by atoms with E-state index in [0.29, 0.717) is 37.9 Å². The normalized spacial score (nSPS) is 20.8. The first kappa shape index (κ1) is 32.7. The molecule has 8 nitrogen and oxygen atoms in total. The number of piperazine rings is 1. The fourth-order valence-corrected chi connectivity index (χ4v) is 6.37. The first-order valence-corrected chi connectivity index (χ1v) is 15.9. The van der Waals surface area contributed by atoms with Gasteiger partial charge in [-0.25, -0.2) is 4.79 Å². The number of thioether (sulfide) groups is 1. The van der Waals surface area contributed by atoms with E-state index < -0.39 is 36.1 Å². The zero-order valence-corrected chi connectivity index (χ0v) is 25.3. The predicted octanol–water partition coefficient (Wildman–Crippen LogP) is 4.82. The van der Waals surface area contributed by atoms with Crippen LogP contribution in [-0.4, -0.2) is 82.5 Å². The number of carbonyl (C=O) groups is 3. The highest BCUT2D eigenvalue weighted by molar-refractivity contribution is 7.98. The monoisotopic (exact) mass is 620 g/mol. The van der Waals surface area contributed by atoms with Crippen LogP contribution < -0.4 is 5.73 Å². The third-order valence-corrected chi connectivity index (χ3v) is 8.56. The Labute approximate surface area is 254 Å². The van der Waals surface area contributed by atoms with Crippen molar-refractivity contribution in [2.75, 3.05) is 31.6 Å². The van der Waals surface area contributed by atoms with Crippen molar-refractivity contribution in [3.8, 4) is 0 Å². The van der Waals surface area contributed by atoms with Crippen LogP contribution in [0.4, 0.5) is 18.0 Å². The molecule has 0 saturated carbocycles. The van der Waals surface area contributed by atoms with Gasteiger partial charge in [-0.1, -0.05) is 42.0 Å². The van der Waals surface area contributed by atoms with E-state index in [2.05, 4.69) is 0 Å². The summed E-state index contributed by atoms with van der Waals surface area (Å²) in [6, 6.07) is 11.7. The second-order valence-corrected chi connectivity index (χ2v) is 12.1. The van der Waals surface area contributed by atoms with Gasteiger partial charge in [-0.15, -0.1) is 0 Å². The van der Waals surface area contributed by atoms with E-state index in [-0.39, 0.29) is 37.0 Å². The molecular formula is C31H39F3N4O4S. The minimum Gasteiger partial charge on any atom is -0.444 e. The fourth-order valence-electron chi connectivity index (χ4n) is 5.95. The van der Waals surface area contributed by atoms with Crippen LogP contribution in [0.15, 0.2) is 48.5 Å². The Morgan fingerprint density at radius 1 is 1.09 bits per heavy atom. The molecule has 2 heterocycles. The number of hydrogen-bond acceptors (Lipinski definition) is 6. The first-order chi connectivity index (χ1) is 20.5. The molecule has 4 rings (SSSR count). The van der Waals surface area contributed by atoms with Crippen LogP contribution >= 0.6 is 11.8 Å². The second-order valence-electron chi connectivity index (χ2n) is 11.1. The minimum atomic E-state index is -4.54. The predicted molar refractivity (Wildman–Crippen MR) is 159 cm³/mol. The molecule has 3 atom stereocenters. The number of nitrogens with zero attached hydrogens (tertiary/aromatic N) is 3. The number of alkyl halides is 3. The average molecular weight is 621 g/mol. The Hall–Kier alpha value is -3.25. The van der Waals surface area contributed by atoms with Gasteiger partial charge >= 0.3 is 12.3 Å². The quantitative estimate of drug-likeness (QED) is 0.362. The maximum atomic E-state index is 13.9. The lowest BCUT2D eigenvalue weighted by Gasteiger charge is -2.54. The highest BCUT2D eigenvalue weighted by Crippen LogP contribution is 2.34. The molecule has 2 aliphatic rings. The van der Waals surface area contributed by atoms with E-state index in [9.17, 15) is 27.6 Å². The standard InChI is InChI=1S/C31H39F3N4O4S/c1-21-14-23(16-24(15-21)31(32,33)34)20-42-30(41)37-25(17-22-8-4-3-5-9-22)18-28(39)38-26(10-6-11-35)29(40)36(19-27(37)38)12-7-13-43-2/h3-5,8-9,14-16,25-27H,6-7,10-13,17-20,35H2,1-2H3/t25?,26-,27?/m0/s1. The molecule has 43 heavy (non-hydrogen) atoms. The van der Waals surface area contributed by atoms with Gasteiger partial charge in [0.15, 0.2) is 0 Å². The topological polar surface area (TPSA) is 96.2 Å². The smallest absolute Gasteiger partial charge is 0.416 e. The average Bonchev–Trinajstić information content (AvgIpc) is 2.96. The maximum Gasteiger partial charge on any atom is 0.416 e. The summed E-state index contributed by atoms with van der Waals surface area (Å²) in [4.78, 5) is 45.9. The Balaban J connectivity index is 1.66. The molecule has 0 spiro atoms. The van der Waals surface area contributed by atoms with Crippen LogP contribution in [-0.2, 0) is 33.5 Å². The number of rotatable bonds is 11. The fraction of sp³-hybridized carbons (Fsp3) is 0.516. The van der Waals surface area contributed by atoms with Gasteiger partial charge in [-0.3, -0.25) is 14.5 Å². The number of nitrogens with two attached hydrogens (primary N) is 1. The van der Waals surface area contributed by atoms with Crippen molar-refractivity contribution in [2.24, 2.45) is 5.73 Å². The van der Waals surface area contributed by atoms with E-state index in [0.717, 1.165) is 29.9 Å². The lowest BCUT2D eigenvalue weighted by Crippen LogP contribution is -2.73. The van der Waals surface area contributed by atoms with Gasteiger partial charge in [0.25, 0.3) is 0 Å². The van der Waals surface area contributed by atoms with Gasteiger partial charge in [-0.05, 0) is 74.4 Å². The van der Waals surface area contributed by atoms with Gasteiger partial charge in [0.05, 0.1) is 12.1 Å². The third kappa shape index (κ3) is 8.03. The highest BCUT2D eigenvalue weighted by Gasteiger charge is 2.51. The molecule has 2 fully saturated rings. The number of ether oxygens (including phenoxy) is 1. The summed E-state index contributed by atoms with van der Waals surface area (Å²) in [5.74, 6) is 0.472. The molecular weight excluding hydrogens is 581 g/mol. The SMILES string of the molecule is CSCCCN1CC2N(C(=O)OCc3cc(C)cc(C(F)(F)F)c3)C(Cc3ccccc3)CC(=O)N2[C@@H](CCCN)C1=O. The molecule has 3 amide bonds. The number of halogens is 3. The van der Waals surface area contributed by atoms with Crippen LogP contribution in [0.5, 0.6) is 0 Å². The Morgan fingerprint density at radius 3 is 2.51 bits per heavy atom. The van der Waals surface area contributed by atoms with Crippen molar-refractivity contribution in [2.45, 2.75) is 70.1 Å². The molecule has 2 N–H and O–H groups in total. The molecule has 0 radical (unpaired) electrons. The van der Waals surface area contributed by atoms with E-state index in [1.54, 1.807) is 29.7 Å². The van der Waals surface area contributed by atoms with E-state index in [4.69, 9.17) is 10.5 Å². The van der Waals surface area contributed by atoms with Crippen LogP contribution in [0.25, 0.3) is 0 Å². The lowest BCUT2D eigenvalue weighted by molar-refractivity contribution is -0.172. The Morgan fingerprint density at radius 2 is 1.84 bits per heavy atom. The third-order valence-electron chi connectivity index (χ3n) is 7.86. The zero-order valence-electron chi connectivity index (χ0n) is 24.5. The van der Waals surface area contributed by atoms with Crippen molar-refractivity contribution in [1.29, 1.82) is 0 Å². The summed E-state index contributed by atoms with van der Waals surface area (Å²) in [7, 11) is 0. The van der Waals surface area contributed by atoms with Gasteiger partial charge < -0.3 is 20.3 Å².